The summed E-state index contributed by atoms with van der Waals surface area (Å²) >= 11 is 0. The number of nitrogens with one attached hydrogen (secondary N) is 2. The zero-order chi connectivity index (χ0) is 10.8. The molecule has 3 aliphatic rings. The van der Waals surface area contributed by atoms with Gasteiger partial charge in [-0.3, -0.25) is 29.8 Å². The van der Waals surface area contributed by atoms with E-state index in [0.717, 1.165) is 0 Å². The van der Waals surface area contributed by atoms with Crippen molar-refractivity contribution in [2.45, 2.75) is 12.0 Å². The third-order valence-corrected chi connectivity index (χ3v) is 3.27. The minimum atomic E-state index is -1.88. The zero-order valence-corrected chi connectivity index (χ0v) is 7.46. The van der Waals surface area contributed by atoms with Crippen LogP contribution in [-0.2, 0) is 23.9 Å². The maximum absolute atomic E-state index is 11.4. The number of ether oxygens (including phenoxy) is 1. The Morgan fingerprint density at radius 1 is 0.933 bits per heavy atom. The summed E-state index contributed by atoms with van der Waals surface area (Å²) in [6.07, 6.45) is 0.0802. The number of hydrogen-bond acceptors (Lipinski definition) is 5. The summed E-state index contributed by atoms with van der Waals surface area (Å²) in [7, 11) is 0. The van der Waals surface area contributed by atoms with Crippen molar-refractivity contribution in [3.05, 3.63) is 0 Å². The number of hydrogen-bond donors (Lipinski definition) is 2. The second-order valence-corrected chi connectivity index (χ2v) is 3.75. The lowest BCUT2D eigenvalue weighted by atomic mass is 9.62. The molecule has 3 heterocycles. The molecule has 0 bridgehead atoms. The van der Waals surface area contributed by atoms with Gasteiger partial charge < -0.3 is 4.74 Å². The van der Waals surface area contributed by atoms with Gasteiger partial charge in [0, 0.05) is 0 Å². The fourth-order valence-electron chi connectivity index (χ4n) is 2.40. The molecule has 3 fully saturated rings. The number of carbonyl (C=O) groups excluding carboxylic acids is 4. The molecule has 3 saturated heterocycles. The highest BCUT2D eigenvalue weighted by Crippen LogP contribution is 2.51. The van der Waals surface area contributed by atoms with Gasteiger partial charge >= 0.3 is 0 Å². The maximum atomic E-state index is 11.4. The number of β-lactam (4-membered cyclic amide) rings is 4. The first-order valence-electron chi connectivity index (χ1n) is 4.41. The lowest BCUT2D eigenvalue weighted by Gasteiger charge is -2.48. The van der Waals surface area contributed by atoms with E-state index in [1.165, 1.54) is 0 Å². The first-order valence-corrected chi connectivity index (χ1v) is 4.41. The molecule has 3 aliphatic heterocycles. The van der Waals surface area contributed by atoms with Crippen molar-refractivity contribution < 1.29 is 23.9 Å². The summed E-state index contributed by atoms with van der Waals surface area (Å²) in [6, 6.07) is 0. The average molecular weight is 210 g/mol. The van der Waals surface area contributed by atoms with Crippen molar-refractivity contribution in [1.82, 2.24) is 10.6 Å². The molecule has 0 aliphatic carbocycles. The van der Waals surface area contributed by atoms with Crippen LogP contribution in [0.1, 0.15) is 6.42 Å². The lowest BCUT2D eigenvalue weighted by molar-refractivity contribution is -0.193. The first-order chi connectivity index (χ1) is 7.05. The van der Waals surface area contributed by atoms with Gasteiger partial charge in [0.05, 0.1) is 6.61 Å². The van der Waals surface area contributed by atoms with Crippen LogP contribution in [0.15, 0.2) is 0 Å². The van der Waals surface area contributed by atoms with Crippen LogP contribution in [0.5, 0.6) is 0 Å². The van der Waals surface area contributed by atoms with E-state index in [-0.39, 0.29) is 13.0 Å². The third-order valence-electron chi connectivity index (χ3n) is 3.27. The number of amides is 4. The van der Waals surface area contributed by atoms with Crippen LogP contribution in [0, 0.1) is 5.41 Å². The van der Waals surface area contributed by atoms with E-state index < -0.39 is 34.6 Å². The molecule has 0 atom stereocenters. The summed E-state index contributed by atoms with van der Waals surface area (Å²) in [5.74, 6) is -2.61. The Labute approximate surface area is 83.1 Å². The monoisotopic (exact) mass is 210 g/mol. The largest absolute Gasteiger partial charge is 0.355 e. The molecule has 0 saturated carbocycles. The fraction of sp³-hybridized carbons (Fsp3) is 0.500. The van der Waals surface area contributed by atoms with Crippen LogP contribution in [0.3, 0.4) is 0 Å². The number of imide groups is 2. The van der Waals surface area contributed by atoms with E-state index in [0.29, 0.717) is 0 Å². The second-order valence-electron chi connectivity index (χ2n) is 3.75. The maximum Gasteiger partial charge on any atom is 0.270 e. The highest BCUT2D eigenvalue weighted by molar-refractivity contribution is 6.37. The smallest absolute Gasteiger partial charge is 0.270 e. The molecule has 2 N–H and O–H groups in total. The Bertz CT molecular complexity index is 372. The van der Waals surface area contributed by atoms with E-state index in [4.69, 9.17) is 4.74 Å². The highest BCUT2D eigenvalue weighted by Gasteiger charge is 2.81. The van der Waals surface area contributed by atoms with Crippen molar-refractivity contribution >= 4 is 23.6 Å². The van der Waals surface area contributed by atoms with E-state index in [2.05, 4.69) is 0 Å². The second kappa shape index (κ2) is 2.08. The Hall–Kier alpha value is -1.76. The minimum Gasteiger partial charge on any atom is -0.355 e. The van der Waals surface area contributed by atoms with Gasteiger partial charge in [-0.1, -0.05) is 0 Å². The summed E-state index contributed by atoms with van der Waals surface area (Å²) < 4.78 is 5.06. The predicted molar refractivity (Wildman–Crippen MR) is 42.0 cm³/mol. The average Bonchev–Trinajstić information content (AvgIpc) is 2.64. The SMILES string of the molecule is O=C1NC(=O)C12CCOC21C(=O)NC1=O. The van der Waals surface area contributed by atoms with Gasteiger partial charge in [-0.25, -0.2) is 0 Å². The van der Waals surface area contributed by atoms with Crippen molar-refractivity contribution in [1.29, 1.82) is 0 Å². The van der Waals surface area contributed by atoms with Gasteiger partial charge in [0.1, 0.15) is 0 Å². The van der Waals surface area contributed by atoms with Gasteiger partial charge in [0.15, 0.2) is 5.41 Å². The molecule has 4 amide bonds. The molecular formula is C8H6N2O5. The quantitative estimate of drug-likeness (QED) is 0.338. The topological polar surface area (TPSA) is 102 Å². The van der Waals surface area contributed by atoms with Gasteiger partial charge in [0.2, 0.25) is 17.4 Å². The minimum absolute atomic E-state index is 0.0539. The highest BCUT2D eigenvalue weighted by atomic mass is 16.5. The van der Waals surface area contributed by atoms with Crippen molar-refractivity contribution in [3.8, 4) is 0 Å². The molecule has 7 nitrogen and oxygen atoms in total. The molecule has 7 heteroatoms. The molecule has 2 spiro atoms. The standard InChI is InChI=1S/C8H6N2O5/c11-3-7(4(12)9-3)1-2-15-8(7)5(13)10-6(8)14/h1-2H2,(H,9,11,12)(H,10,13,14). The van der Waals surface area contributed by atoms with Gasteiger partial charge in [-0.05, 0) is 6.42 Å². The van der Waals surface area contributed by atoms with Gasteiger partial charge in [0.25, 0.3) is 11.8 Å². The first kappa shape index (κ1) is 8.54. The van der Waals surface area contributed by atoms with Crippen LogP contribution in [0.2, 0.25) is 0 Å². The molecule has 0 aromatic heterocycles. The summed E-state index contributed by atoms with van der Waals surface area (Å²) in [4.78, 5) is 45.6. The molecule has 78 valence electrons. The van der Waals surface area contributed by atoms with Crippen LogP contribution < -0.4 is 10.6 Å². The Kier molecular flexibility index (Phi) is 1.19. The number of fused-ring (bicyclic) bond motifs is 1. The van der Waals surface area contributed by atoms with Crippen molar-refractivity contribution in [2.24, 2.45) is 5.41 Å². The van der Waals surface area contributed by atoms with Crippen LogP contribution in [0.4, 0.5) is 0 Å². The van der Waals surface area contributed by atoms with Gasteiger partial charge in [-0.15, -0.1) is 0 Å². The molecule has 15 heavy (non-hydrogen) atoms. The molecule has 0 unspecified atom stereocenters. The summed E-state index contributed by atoms with van der Waals surface area (Å²) in [5, 5.41) is 3.98. The van der Waals surface area contributed by atoms with E-state index in [9.17, 15) is 19.2 Å². The Balaban J connectivity index is 2.17. The predicted octanol–water partition coefficient (Wildman–Crippen LogP) is -2.56. The van der Waals surface area contributed by atoms with Crippen molar-refractivity contribution in [3.63, 3.8) is 0 Å². The van der Waals surface area contributed by atoms with Crippen molar-refractivity contribution in [2.75, 3.05) is 6.61 Å². The molecule has 0 aromatic carbocycles. The number of rotatable bonds is 0. The Morgan fingerprint density at radius 3 is 1.87 bits per heavy atom. The van der Waals surface area contributed by atoms with Crippen LogP contribution in [-0.4, -0.2) is 35.8 Å². The van der Waals surface area contributed by atoms with Gasteiger partial charge in [-0.2, -0.15) is 0 Å². The normalized spacial score (nSPS) is 29.9. The molecule has 0 radical (unpaired) electrons. The molecule has 0 aromatic rings. The fourth-order valence-corrected chi connectivity index (χ4v) is 2.40. The van der Waals surface area contributed by atoms with E-state index in [1.54, 1.807) is 0 Å². The summed E-state index contributed by atoms with van der Waals surface area (Å²) in [6.45, 7) is 0.0539. The third kappa shape index (κ3) is 0.575. The molecule has 3 rings (SSSR count). The lowest BCUT2D eigenvalue weighted by Crippen LogP contribution is -2.84. The van der Waals surface area contributed by atoms with Crippen LogP contribution in [0.25, 0.3) is 0 Å². The zero-order valence-electron chi connectivity index (χ0n) is 7.46. The van der Waals surface area contributed by atoms with Crippen LogP contribution >= 0.6 is 0 Å². The van der Waals surface area contributed by atoms with E-state index >= 15 is 0 Å². The summed E-state index contributed by atoms with van der Waals surface area (Å²) in [5.41, 5.74) is -3.49. The molecular weight excluding hydrogens is 204 g/mol. The number of carbonyl (C=O) groups is 4. The van der Waals surface area contributed by atoms with E-state index in [1.807, 2.05) is 10.6 Å². The Morgan fingerprint density at radius 2 is 1.47 bits per heavy atom.